The van der Waals surface area contributed by atoms with E-state index in [4.69, 9.17) is 0 Å². The molecule has 0 fully saturated rings. The number of nitrogens with zero attached hydrogens (tertiary/aromatic N) is 1. The maximum atomic E-state index is 12.6. The van der Waals surface area contributed by atoms with Crippen molar-refractivity contribution in [3.05, 3.63) is 29.8 Å². The van der Waals surface area contributed by atoms with E-state index < -0.39 is 27.3 Å². The summed E-state index contributed by atoms with van der Waals surface area (Å²) in [6.07, 6.45) is 0. The van der Waals surface area contributed by atoms with Crippen molar-refractivity contribution in [3.63, 3.8) is 0 Å². The van der Waals surface area contributed by atoms with Crippen molar-refractivity contribution in [2.45, 2.75) is 31.2 Å². The number of benzene rings is 1. The molecule has 0 bridgehead atoms. The van der Waals surface area contributed by atoms with Crippen molar-refractivity contribution >= 4 is 21.7 Å². The maximum absolute atomic E-state index is 12.6. The highest BCUT2D eigenvalue weighted by Crippen LogP contribution is 2.29. The number of carbonyl (C=O) groups excluding carboxylic acids is 2. The summed E-state index contributed by atoms with van der Waals surface area (Å²) in [6.45, 7) is 5.69. The smallest absolute Gasteiger partial charge is 0.251 e. The molecule has 1 aliphatic rings. The first-order valence-electron chi connectivity index (χ1n) is 6.75. The van der Waals surface area contributed by atoms with Gasteiger partial charge < -0.3 is 4.90 Å². The fourth-order valence-electron chi connectivity index (χ4n) is 2.50. The van der Waals surface area contributed by atoms with Crippen LogP contribution >= 0.6 is 0 Å². The van der Waals surface area contributed by atoms with Crippen LogP contribution in [-0.2, 0) is 14.8 Å². The number of hydrogen-bond acceptors (Lipinski definition) is 4. The average molecular weight is 310 g/mol. The molecule has 114 valence electrons. The van der Waals surface area contributed by atoms with Gasteiger partial charge in [0.15, 0.2) is 11.3 Å². The van der Waals surface area contributed by atoms with Gasteiger partial charge in [-0.3, -0.25) is 9.59 Å². The number of amides is 1. The molecule has 1 unspecified atom stereocenters. The van der Waals surface area contributed by atoms with Crippen LogP contribution in [0.5, 0.6) is 0 Å². The fraction of sp³-hybridized carbons (Fsp3) is 0.429. The highest BCUT2D eigenvalue weighted by molar-refractivity contribution is 7.89. The van der Waals surface area contributed by atoms with E-state index in [1.54, 1.807) is 26.0 Å². The summed E-state index contributed by atoms with van der Waals surface area (Å²) in [5.74, 6) is -1.06. The van der Waals surface area contributed by atoms with Crippen molar-refractivity contribution in [2.75, 3.05) is 13.1 Å². The number of rotatable bonds is 3. The summed E-state index contributed by atoms with van der Waals surface area (Å²) < 4.78 is 26.9. The Balaban J connectivity index is 2.59. The molecule has 0 saturated heterocycles. The fourth-order valence-corrected chi connectivity index (χ4v) is 4.03. The summed E-state index contributed by atoms with van der Waals surface area (Å²) in [7, 11) is -3.90. The molecule has 0 aromatic heterocycles. The molecule has 1 aromatic carbocycles. The largest absolute Gasteiger partial charge is 0.341 e. The monoisotopic (exact) mass is 310 g/mol. The van der Waals surface area contributed by atoms with Crippen LogP contribution in [0.1, 0.15) is 31.1 Å². The Hall–Kier alpha value is -1.73. The minimum Gasteiger partial charge on any atom is -0.341 e. The molecule has 7 heteroatoms. The lowest BCUT2D eigenvalue weighted by atomic mass is 9.90. The standard InChI is InChI=1S/C14H18N2O4S/c1-4-16(5-2)13(18)14(3)12(17)10-8-6-7-9-11(10)21(19,20)15-14/h6-9,15H,4-5H2,1-3H3. The molecule has 1 atom stereocenters. The predicted octanol–water partition coefficient (Wildman–Crippen LogP) is 0.788. The Bertz CT molecular complexity index is 695. The van der Waals surface area contributed by atoms with E-state index >= 15 is 0 Å². The van der Waals surface area contributed by atoms with E-state index in [0.717, 1.165) is 0 Å². The minimum absolute atomic E-state index is 0.0549. The zero-order valence-corrected chi connectivity index (χ0v) is 13.0. The first-order valence-corrected chi connectivity index (χ1v) is 8.23. The van der Waals surface area contributed by atoms with Crippen LogP contribution in [0.2, 0.25) is 0 Å². The molecule has 1 N–H and O–H groups in total. The zero-order valence-electron chi connectivity index (χ0n) is 12.2. The topological polar surface area (TPSA) is 83.6 Å². The number of hydrogen-bond donors (Lipinski definition) is 1. The van der Waals surface area contributed by atoms with Gasteiger partial charge in [0.1, 0.15) is 0 Å². The van der Waals surface area contributed by atoms with E-state index in [1.807, 2.05) is 0 Å². The molecule has 6 nitrogen and oxygen atoms in total. The summed E-state index contributed by atoms with van der Waals surface area (Å²) >= 11 is 0. The van der Waals surface area contributed by atoms with Gasteiger partial charge in [-0.2, -0.15) is 4.72 Å². The van der Waals surface area contributed by atoms with Gasteiger partial charge in [-0.15, -0.1) is 0 Å². The number of likely N-dealkylation sites (N-methyl/N-ethyl adjacent to an activating group) is 1. The average Bonchev–Trinajstić information content (AvgIpc) is 2.46. The third-order valence-corrected chi connectivity index (χ3v) is 5.30. The third kappa shape index (κ3) is 2.36. The van der Waals surface area contributed by atoms with Crippen LogP contribution in [0.25, 0.3) is 0 Å². The van der Waals surface area contributed by atoms with Crippen molar-refractivity contribution in [3.8, 4) is 0 Å². The van der Waals surface area contributed by atoms with E-state index in [0.29, 0.717) is 13.1 Å². The molecular weight excluding hydrogens is 292 g/mol. The first kappa shape index (κ1) is 15.7. The van der Waals surface area contributed by atoms with Crippen LogP contribution in [-0.4, -0.2) is 43.6 Å². The van der Waals surface area contributed by atoms with E-state index in [9.17, 15) is 18.0 Å². The SMILES string of the molecule is CCN(CC)C(=O)C1(C)NS(=O)(=O)c2ccccc2C1=O. The lowest BCUT2D eigenvalue weighted by Crippen LogP contribution is -2.64. The van der Waals surface area contributed by atoms with Gasteiger partial charge in [0.2, 0.25) is 10.0 Å². The molecule has 1 amide bonds. The number of carbonyl (C=O) groups is 2. The van der Waals surface area contributed by atoms with Crippen molar-refractivity contribution < 1.29 is 18.0 Å². The molecule has 0 saturated carbocycles. The third-order valence-electron chi connectivity index (χ3n) is 3.69. The quantitative estimate of drug-likeness (QED) is 0.837. The molecule has 21 heavy (non-hydrogen) atoms. The Labute approximate surface area is 124 Å². The van der Waals surface area contributed by atoms with Gasteiger partial charge in [0.25, 0.3) is 5.91 Å². The Kier molecular flexibility index (Phi) is 3.90. The highest BCUT2D eigenvalue weighted by Gasteiger charge is 2.51. The van der Waals surface area contributed by atoms with Crippen LogP contribution in [0.4, 0.5) is 0 Å². The van der Waals surface area contributed by atoms with Gasteiger partial charge in [0, 0.05) is 18.7 Å². The molecule has 0 radical (unpaired) electrons. The zero-order chi connectivity index (χ0) is 15.8. The Morgan fingerprint density at radius 1 is 1.24 bits per heavy atom. The second-order valence-corrected chi connectivity index (χ2v) is 6.68. The number of sulfonamides is 1. The molecule has 0 spiro atoms. The van der Waals surface area contributed by atoms with Crippen LogP contribution in [0, 0.1) is 0 Å². The van der Waals surface area contributed by atoms with Crippen molar-refractivity contribution in [1.82, 2.24) is 9.62 Å². The summed E-state index contributed by atoms with van der Waals surface area (Å²) in [4.78, 5) is 26.6. The summed E-state index contributed by atoms with van der Waals surface area (Å²) in [6, 6.07) is 5.92. The van der Waals surface area contributed by atoms with Crippen molar-refractivity contribution in [1.29, 1.82) is 0 Å². The van der Waals surface area contributed by atoms with Gasteiger partial charge in [-0.25, -0.2) is 8.42 Å². The Morgan fingerprint density at radius 3 is 2.38 bits per heavy atom. The van der Waals surface area contributed by atoms with E-state index in [-0.39, 0.29) is 10.5 Å². The molecule has 1 aromatic rings. The molecular formula is C14H18N2O4S. The van der Waals surface area contributed by atoms with E-state index in [1.165, 1.54) is 24.0 Å². The number of nitrogens with one attached hydrogen (secondary N) is 1. The van der Waals surface area contributed by atoms with Gasteiger partial charge in [0.05, 0.1) is 4.90 Å². The molecule has 1 aliphatic heterocycles. The lowest BCUT2D eigenvalue weighted by Gasteiger charge is -2.36. The van der Waals surface area contributed by atoms with E-state index in [2.05, 4.69) is 4.72 Å². The summed E-state index contributed by atoms with van der Waals surface area (Å²) in [5.41, 5.74) is -1.74. The highest BCUT2D eigenvalue weighted by atomic mass is 32.2. The lowest BCUT2D eigenvalue weighted by molar-refractivity contribution is -0.134. The van der Waals surface area contributed by atoms with Crippen molar-refractivity contribution in [2.24, 2.45) is 0 Å². The van der Waals surface area contributed by atoms with Crippen LogP contribution < -0.4 is 4.72 Å². The molecule has 0 aliphatic carbocycles. The minimum atomic E-state index is -3.90. The second kappa shape index (κ2) is 5.23. The number of Topliss-reactive ketones (excluding diaryl/α,β-unsaturated/α-hetero) is 1. The summed E-state index contributed by atoms with van der Waals surface area (Å²) in [5, 5.41) is 0. The second-order valence-electron chi connectivity index (χ2n) is 5.03. The van der Waals surface area contributed by atoms with Gasteiger partial charge >= 0.3 is 0 Å². The van der Waals surface area contributed by atoms with Crippen LogP contribution in [0.15, 0.2) is 29.2 Å². The molecule has 1 heterocycles. The number of ketones is 1. The maximum Gasteiger partial charge on any atom is 0.251 e. The number of fused-ring (bicyclic) bond motifs is 1. The Morgan fingerprint density at radius 2 is 1.81 bits per heavy atom. The molecule has 2 rings (SSSR count). The van der Waals surface area contributed by atoms with Gasteiger partial charge in [-0.05, 0) is 32.9 Å². The predicted molar refractivity (Wildman–Crippen MR) is 77.4 cm³/mol. The van der Waals surface area contributed by atoms with Crippen LogP contribution in [0.3, 0.4) is 0 Å². The normalized spacial score (nSPS) is 23.5. The van der Waals surface area contributed by atoms with Gasteiger partial charge in [-0.1, -0.05) is 12.1 Å². The first-order chi connectivity index (χ1) is 9.78.